The number of ether oxygens (including phenoxy) is 1. The molecule has 0 unspecified atom stereocenters. The number of amides is 1. The number of carbonyl (C=O) groups is 1. The van der Waals surface area contributed by atoms with Gasteiger partial charge in [0, 0.05) is 12.6 Å². The molecule has 6 nitrogen and oxygen atoms in total. The first kappa shape index (κ1) is 21.4. The highest BCUT2D eigenvalue weighted by atomic mass is 32.2. The number of hydrogen-bond donors (Lipinski definition) is 1. The molecular weight excluding hydrogens is 398 g/mol. The fraction of sp³-hybridized carbons (Fsp3) is 0.609. The second-order valence-corrected chi connectivity index (χ2v) is 9.73. The van der Waals surface area contributed by atoms with Crippen LogP contribution in [0.1, 0.15) is 58.3 Å². The van der Waals surface area contributed by atoms with Gasteiger partial charge in [-0.15, -0.1) is 0 Å². The summed E-state index contributed by atoms with van der Waals surface area (Å²) in [6, 6.07) is 7.68. The van der Waals surface area contributed by atoms with E-state index in [1.54, 1.807) is 4.57 Å². The molecule has 1 aliphatic heterocycles. The number of nitrogens with zero attached hydrogens (tertiary/aromatic N) is 2. The third kappa shape index (κ3) is 5.06. The molecule has 2 aromatic rings. The van der Waals surface area contributed by atoms with Crippen LogP contribution in [-0.2, 0) is 16.1 Å². The van der Waals surface area contributed by atoms with E-state index in [4.69, 9.17) is 9.72 Å². The molecule has 1 saturated heterocycles. The van der Waals surface area contributed by atoms with Gasteiger partial charge < -0.3 is 10.1 Å². The average Bonchev–Trinajstić information content (AvgIpc) is 3.13. The molecule has 1 aromatic carbocycles. The van der Waals surface area contributed by atoms with Crippen molar-refractivity contribution in [1.29, 1.82) is 0 Å². The van der Waals surface area contributed by atoms with Gasteiger partial charge in [-0.05, 0) is 44.7 Å². The van der Waals surface area contributed by atoms with Crippen LogP contribution >= 0.6 is 11.8 Å². The first-order chi connectivity index (χ1) is 14.6. The first-order valence-electron chi connectivity index (χ1n) is 11.2. The predicted molar refractivity (Wildman–Crippen MR) is 120 cm³/mol. The molecule has 0 spiro atoms. The molecule has 1 aliphatic carbocycles. The molecule has 162 valence electrons. The fourth-order valence-corrected chi connectivity index (χ4v) is 5.27. The van der Waals surface area contributed by atoms with Crippen LogP contribution in [0.15, 0.2) is 34.2 Å². The number of hydrogen-bond acceptors (Lipinski definition) is 5. The summed E-state index contributed by atoms with van der Waals surface area (Å²) in [6.45, 7) is 3.12. The molecule has 0 radical (unpaired) electrons. The summed E-state index contributed by atoms with van der Waals surface area (Å²) in [5.74, 6) is 0.0259. The van der Waals surface area contributed by atoms with E-state index in [0.717, 1.165) is 32.3 Å². The highest BCUT2D eigenvalue weighted by Gasteiger charge is 2.24. The number of fused-ring (bicyclic) bond motifs is 1. The summed E-state index contributed by atoms with van der Waals surface area (Å²) in [7, 11) is 0. The minimum Gasteiger partial charge on any atom is -0.376 e. The zero-order valence-electron chi connectivity index (χ0n) is 17.6. The molecule has 2 heterocycles. The molecule has 1 aromatic heterocycles. The third-order valence-corrected chi connectivity index (χ3v) is 7.18. The second kappa shape index (κ2) is 9.96. The van der Waals surface area contributed by atoms with Crippen LogP contribution in [0.2, 0.25) is 0 Å². The lowest BCUT2D eigenvalue weighted by molar-refractivity contribution is -0.121. The van der Waals surface area contributed by atoms with Crippen molar-refractivity contribution >= 4 is 28.6 Å². The molecule has 1 amide bonds. The number of benzene rings is 1. The second-order valence-electron chi connectivity index (χ2n) is 8.42. The number of nitrogens with one attached hydrogen (secondary N) is 1. The van der Waals surface area contributed by atoms with Crippen molar-refractivity contribution in [2.75, 3.05) is 6.61 Å². The van der Waals surface area contributed by atoms with E-state index in [2.05, 4.69) is 5.32 Å². The minimum absolute atomic E-state index is 0.0259. The van der Waals surface area contributed by atoms with E-state index >= 15 is 0 Å². The smallest absolute Gasteiger partial charge is 0.262 e. The summed E-state index contributed by atoms with van der Waals surface area (Å²) in [5.41, 5.74) is 0.611. The van der Waals surface area contributed by atoms with Gasteiger partial charge in [0.25, 0.3) is 5.56 Å². The fourth-order valence-electron chi connectivity index (χ4n) is 4.34. The molecule has 0 bridgehead atoms. The van der Waals surface area contributed by atoms with Gasteiger partial charge in [-0.3, -0.25) is 14.2 Å². The van der Waals surface area contributed by atoms with E-state index in [1.807, 2.05) is 31.2 Å². The van der Waals surface area contributed by atoms with Gasteiger partial charge in [0.1, 0.15) is 0 Å². The molecular formula is C23H31N3O3S. The molecule has 1 saturated carbocycles. The Kier molecular flexibility index (Phi) is 7.10. The van der Waals surface area contributed by atoms with Gasteiger partial charge in [-0.25, -0.2) is 4.98 Å². The van der Waals surface area contributed by atoms with Crippen molar-refractivity contribution < 1.29 is 9.53 Å². The molecule has 7 heteroatoms. The zero-order valence-corrected chi connectivity index (χ0v) is 18.5. The van der Waals surface area contributed by atoms with Crippen molar-refractivity contribution in [3.05, 3.63) is 34.6 Å². The van der Waals surface area contributed by atoms with Gasteiger partial charge in [0.05, 0.1) is 28.8 Å². The summed E-state index contributed by atoms with van der Waals surface area (Å²) < 4.78 is 7.47. The largest absolute Gasteiger partial charge is 0.376 e. The lowest BCUT2D eigenvalue weighted by Crippen LogP contribution is -2.39. The number of para-hydroxylation sites is 1. The first-order valence-corrected chi connectivity index (χ1v) is 12.1. The van der Waals surface area contributed by atoms with Crippen molar-refractivity contribution in [2.24, 2.45) is 0 Å². The summed E-state index contributed by atoms with van der Waals surface area (Å²) in [6.07, 6.45) is 8.98. The summed E-state index contributed by atoms with van der Waals surface area (Å²) in [5, 5.41) is 4.10. The predicted octanol–water partition coefficient (Wildman–Crippen LogP) is 3.90. The summed E-state index contributed by atoms with van der Waals surface area (Å²) >= 11 is 1.37. The highest BCUT2D eigenvalue weighted by Crippen LogP contribution is 2.25. The normalized spacial score (nSPS) is 21.4. The van der Waals surface area contributed by atoms with E-state index in [-0.39, 0.29) is 28.9 Å². The maximum absolute atomic E-state index is 13.2. The number of aromatic nitrogens is 2. The lowest BCUT2D eigenvalue weighted by atomic mass is 10.1. The monoisotopic (exact) mass is 429 g/mol. The Morgan fingerprint density at radius 2 is 1.97 bits per heavy atom. The maximum atomic E-state index is 13.2. The number of carbonyl (C=O) groups excluding carboxylic acids is 1. The molecule has 4 rings (SSSR count). The molecule has 2 atom stereocenters. The Labute approximate surface area is 181 Å². The van der Waals surface area contributed by atoms with Crippen molar-refractivity contribution in [3.8, 4) is 0 Å². The van der Waals surface area contributed by atoms with Gasteiger partial charge in [0.15, 0.2) is 5.16 Å². The Morgan fingerprint density at radius 3 is 2.70 bits per heavy atom. The molecule has 1 N–H and O–H groups in total. The Balaban J connectivity index is 1.55. The van der Waals surface area contributed by atoms with E-state index in [1.165, 1.54) is 37.4 Å². The van der Waals surface area contributed by atoms with Gasteiger partial charge in [-0.2, -0.15) is 0 Å². The standard InChI is InChI=1S/C23H31N3O3S/c1-16(21(27)24-17-9-4-2-3-5-10-17)30-23-25-20-13-7-6-12-19(20)22(28)26(23)15-18-11-8-14-29-18/h6-7,12-13,16-18H,2-5,8-11,14-15H2,1H3,(H,24,27)/t16-,18+/m0/s1. The minimum atomic E-state index is -0.322. The van der Waals surface area contributed by atoms with Crippen LogP contribution in [0.25, 0.3) is 10.9 Å². The van der Waals surface area contributed by atoms with E-state index < -0.39 is 0 Å². The average molecular weight is 430 g/mol. The van der Waals surface area contributed by atoms with Gasteiger partial charge in [0.2, 0.25) is 5.91 Å². The third-order valence-electron chi connectivity index (χ3n) is 6.09. The van der Waals surface area contributed by atoms with Crippen molar-refractivity contribution in [1.82, 2.24) is 14.9 Å². The lowest BCUT2D eigenvalue weighted by Gasteiger charge is -2.21. The molecule has 2 aliphatic rings. The van der Waals surface area contributed by atoms with Crippen LogP contribution in [0.4, 0.5) is 0 Å². The number of thioether (sulfide) groups is 1. The van der Waals surface area contributed by atoms with Crippen LogP contribution in [0, 0.1) is 0 Å². The number of rotatable bonds is 6. The van der Waals surface area contributed by atoms with E-state index in [0.29, 0.717) is 22.6 Å². The maximum Gasteiger partial charge on any atom is 0.262 e. The van der Waals surface area contributed by atoms with Gasteiger partial charge in [-0.1, -0.05) is 49.6 Å². The highest BCUT2D eigenvalue weighted by molar-refractivity contribution is 8.00. The Bertz CT molecular complexity index is 931. The summed E-state index contributed by atoms with van der Waals surface area (Å²) in [4.78, 5) is 30.8. The topological polar surface area (TPSA) is 73.2 Å². The van der Waals surface area contributed by atoms with Crippen LogP contribution in [-0.4, -0.2) is 39.5 Å². The SMILES string of the molecule is C[C@H](Sc1nc2ccccc2c(=O)n1C[C@H]1CCCO1)C(=O)NC1CCCCCC1. The zero-order chi connectivity index (χ0) is 20.9. The van der Waals surface area contributed by atoms with Gasteiger partial charge >= 0.3 is 0 Å². The van der Waals surface area contributed by atoms with Crippen molar-refractivity contribution in [2.45, 2.75) is 87.4 Å². The van der Waals surface area contributed by atoms with Crippen LogP contribution < -0.4 is 10.9 Å². The molecule has 2 fully saturated rings. The molecule has 30 heavy (non-hydrogen) atoms. The van der Waals surface area contributed by atoms with Crippen molar-refractivity contribution in [3.63, 3.8) is 0 Å². The Morgan fingerprint density at radius 1 is 1.20 bits per heavy atom. The van der Waals surface area contributed by atoms with Crippen LogP contribution in [0.5, 0.6) is 0 Å². The van der Waals surface area contributed by atoms with Crippen LogP contribution in [0.3, 0.4) is 0 Å². The van der Waals surface area contributed by atoms with E-state index in [9.17, 15) is 9.59 Å². The Hall–Kier alpha value is -1.86. The quantitative estimate of drug-likeness (QED) is 0.428.